The van der Waals surface area contributed by atoms with Crippen LogP contribution in [-0.2, 0) is 4.74 Å². The van der Waals surface area contributed by atoms with Gasteiger partial charge in [-0.05, 0) is 65.2 Å². The molecule has 1 amide bonds. The summed E-state index contributed by atoms with van der Waals surface area (Å²) in [5.41, 5.74) is 1.97. The average Bonchev–Trinajstić information content (AvgIpc) is 2.63. The lowest BCUT2D eigenvalue weighted by Gasteiger charge is -2.23. The van der Waals surface area contributed by atoms with Gasteiger partial charge in [-0.25, -0.2) is 13.6 Å². The summed E-state index contributed by atoms with van der Waals surface area (Å²) in [6.07, 6.45) is 0.353. The number of alkyl halides is 2. The van der Waals surface area contributed by atoms with E-state index in [1.807, 2.05) is 13.0 Å². The quantitative estimate of drug-likeness (QED) is 0.626. The first-order chi connectivity index (χ1) is 14.3. The van der Waals surface area contributed by atoms with Crippen LogP contribution in [-0.4, -0.2) is 17.6 Å². The van der Waals surface area contributed by atoms with E-state index in [1.165, 1.54) is 6.08 Å². The number of hydrogen-bond acceptors (Lipinski definition) is 4. The number of carbonyl (C=O) groups excluding carboxylic acids is 1. The molecule has 1 heterocycles. The van der Waals surface area contributed by atoms with Gasteiger partial charge in [0.15, 0.2) is 5.43 Å². The Morgan fingerprint density at radius 2 is 1.94 bits per heavy atom. The van der Waals surface area contributed by atoms with Gasteiger partial charge in [0.1, 0.15) is 16.9 Å². The van der Waals surface area contributed by atoms with Crippen molar-refractivity contribution in [3.63, 3.8) is 0 Å². The molecular formula is C24H29F2NO4. The van der Waals surface area contributed by atoms with Crippen LogP contribution in [0.1, 0.15) is 75.4 Å². The number of alkyl carbamates (subject to hydrolysis) is 1. The van der Waals surface area contributed by atoms with E-state index in [1.54, 1.807) is 40.7 Å². The fourth-order valence-corrected chi connectivity index (χ4v) is 3.76. The van der Waals surface area contributed by atoms with E-state index >= 15 is 0 Å². The van der Waals surface area contributed by atoms with Gasteiger partial charge >= 0.3 is 6.09 Å². The van der Waals surface area contributed by atoms with Gasteiger partial charge in [0.05, 0.1) is 11.4 Å². The fraction of sp³-hybridized carbons (Fsp3) is 0.500. The Balaban J connectivity index is 2.09. The number of aryl methyl sites for hydroxylation is 1. The lowest BCUT2D eigenvalue weighted by atomic mass is 9.92. The molecule has 168 valence electrons. The number of hydrogen-bond donors (Lipinski definition) is 1. The average molecular weight is 433 g/mol. The molecule has 31 heavy (non-hydrogen) atoms. The van der Waals surface area contributed by atoms with Crippen molar-refractivity contribution in [2.24, 2.45) is 0 Å². The van der Waals surface area contributed by atoms with Crippen LogP contribution < -0.4 is 10.7 Å². The fourth-order valence-electron chi connectivity index (χ4n) is 3.76. The van der Waals surface area contributed by atoms with Gasteiger partial charge in [0.25, 0.3) is 5.92 Å². The van der Waals surface area contributed by atoms with Crippen molar-refractivity contribution in [1.82, 2.24) is 5.32 Å². The van der Waals surface area contributed by atoms with Gasteiger partial charge in [-0.15, -0.1) is 0 Å². The maximum Gasteiger partial charge on any atom is 0.408 e. The molecule has 0 bridgehead atoms. The smallest absolute Gasteiger partial charge is 0.408 e. The van der Waals surface area contributed by atoms with Crippen LogP contribution in [0.3, 0.4) is 0 Å². The first-order valence-corrected chi connectivity index (χ1v) is 10.4. The lowest BCUT2D eigenvalue weighted by molar-refractivity contribution is -0.00618. The molecule has 1 atom stereocenters. The topological polar surface area (TPSA) is 68.5 Å². The van der Waals surface area contributed by atoms with Crippen LogP contribution in [0.2, 0.25) is 0 Å². The number of carbonyl (C=O) groups is 1. The molecule has 5 nitrogen and oxygen atoms in total. The van der Waals surface area contributed by atoms with Gasteiger partial charge in [-0.1, -0.05) is 12.1 Å². The van der Waals surface area contributed by atoms with E-state index in [2.05, 4.69) is 5.32 Å². The second-order valence-corrected chi connectivity index (χ2v) is 9.27. The minimum absolute atomic E-state index is 0.134. The zero-order chi connectivity index (χ0) is 23.1. The van der Waals surface area contributed by atoms with Crippen molar-refractivity contribution in [2.45, 2.75) is 78.4 Å². The first-order valence-electron chi connectivity index (χ1n) is 10.4. The summed E-state index contributed by atoms with van der Waals surface area (Å²) in [4.78, 5) is 25.4. The maximum atomic E-state index is 13.6. The van der Waals surface area contributed by atoms with E-state index in [0.29, 0.717) is 33.4 Å². The molecule has 0 saturated heterocycles. The van der Waals surface area contributed by atoms with E-state index in [-0.39, 0.29) is 24.7 Å². The number of halogens is 2. The molecule has 0 unspecified atom stereocenters. The second-order valence-electron chi connectivity index (χ2n) is 9.27. The summed E-state index contributed by atoms with van der Waals surface area (Å²) >= 11 is 0. The number of fused-ring (bicyclic) bond motifs is 1. The molecule has 1 aliphatic carbocycles. The Kier molecular flexibility index (Phi) is 6.00. The third kappa shape index (κ3) is 5.14. The highest BCUT2D eigenvalue weighted by Crippen LogP contribution is 2.38. The normalized spacial score (nSPS) is 17.2. The Bertz CT molecular complexity index is 1110. The van der Waals surface area contributed by atoms with E-state index in [9.17, 15) is 18.4 Å². The van der Waals surface area contributed by atoms with Crippen molar-refractivity contribution in [1.29, 1.82) is 0 Å². The first kappa shape index (κ1) is 23.0. The van der Waals surface area contributed by atoms with E-state index in [0.717, 1.165) is 5.56 Å². The SMILES string of the molecule is Cc1cc([C@@H](C)NC(=O)OC(C)(C)C)c2oc(C3=CCC(F)(F)CC3)c(C)c(=O)c2c1. The molecular weight excluding hydrogens is 404 g/mol. The van der Waals surface area contributed by atoms with Crippen molar-refractivity contribution in [3.05, 3.63) is 50.9 Å². The number of nitrogens with one attached hydrogen (secondary N) is 1. The highest BCUT2D eigenvalue weighted by atomic mass is 19.3. The summed E-state index contributed by atoms with van der Waals surface area (Å²) < 4.78 is 38.7. The van der Waals surface area contributed by atoms with Crippen LogP contribution in [0.5, 0.6) is 0 Å². The Morgan fingerprint density at radius 3 is 2.52 bits per heavy atom. The van der Waals surface area contributed by atoms with Gasteiger partial charge in [-0.2, -0.15) is 0 Å². The Morgan fingerprint density at radius 1 is 1.26 bits per heavy atom. The Hall–Kier alpha value is -2.70. The van der Waals surface area contributed by atoms with Crippen molar-refractivity contribution in [3.8, 4) is 0 Å². The number of benzene rings is 1. The molecule has 1 N–H and O–H groups in total. The summed E-state index contributed by atoms with van der Waals surface area (Å²) in [6, 6.07) is 3.08. The molecule has 2 aromatic rings. The molecule has 7 heteroatoms. The summed E-state index contributed by atoms with van der Waals surface area (Å²) in [5.74, 6) is -2.40. The molecule has 0 aliphatic heterocycles. The number of allylic oxidation sites excluding steroid dienone is 2. The summed E-state index contributed by atoms with van der Waals surface area (Å²) in [6.45, 7) is 10.6. The van der Waals surface area contributed by atoms with Gasteiger partial charge in [0.2, 0.25) is 0 Å². The molecule has 3 rings (SSSR count). The van der Waals surface area contributed by atoms with Gasteiger partial charge in [-0.3, -0.25) is 4.79 Å². The third-order valence-electron chi connectivity index (χ3n) is 5.29. The zero-order valence-electron chi connectivity index (χ0n) is 18.8. The van der Waals surface area contributed by atoms with Crippen molar-refractivity contribution >= 4 is 22.6 Å². The highest BCUT2D eigenvalue weighted by Gasteiger charge is 2.32. The van der Waals surface area contributed by atoms with Crippen LogP contribution in [0, 0.1) is 13.8 Å². The van der Waals surface area contributed by atoms with Crippen LogP contribution in [0.25, 0.3) is 16.5 Å². The van der Waals surface area contributed by atoms with Crippen molar-refractivity contribution < 1.29 is 22.7 Å². The van der Waals surface area contributed by atoms with Gasteiger partial charge in [0, 0.05) is 24.0 Å². The minimum Gasteiger partial charge on any atom is -0.456 e. The number of ether oxygens (including phenoxy) is 1. The number of rotatable bonds is 3. The molecule has 0 spiro atoms. The molecule has 1 aromatic heterocycles. The zero-order valence-corrected chi connectivity index (χ0v) is 18.8. The van der Waals surface area contributed by atoms with Crippen LogP contribution in [0.4, 0.5) is 13.6 Å². The predicted molar refractivity (Wildman–Crippen MR) is 117 cm³/mol. The molecule has 1 aliphatic rings. The monoisotopic (exact) mass is 433 g/mol. The van der Waals surface area contributed by atoms with Gasteiger partial charge < -0.3 is 14.5 Å². The van der Waals surface area contributed by atoms with Crippen molar-refractivity contribution in [2.75, 3.05) is 0 Å². The third-order valence-corrected chi connectivity index (χ3v) is 5.29. The molecule has 1 aromatic carbocycles. The summed E-state index contributed by atoms with van der Waals surface area (Å²) in [7, 11) is 0. The molecule has 0 radical (unpaired) electrons. The minimum atomic E-state index is -2.73. The lowest BCUT2D eigenvalue weighted by Crippen LogP contribution is -2.34. The van der Waals surface area contributed by atoms with Crippen LogP contribution >= 0.6 is 0 Å². The van der Waals surface area contributed by atoms with E-state index in [4.69, 9.17) is 9.15 Å². The standard InChI is InChI=1S/C24H29F2NO4/c1-13-11-17(15(3)27-22(29)31-23(4,5)6)21-18(12-13)19(28)14(2)20(30-21)16-7-9-24(25,26)10-8-16/h7,11-12,15H,8-10H2,1-6H3,(H,27,29)/t15-/m1/s1. The summed E-state index contributed by atoms with van der Waals surface area (Å²) in [5, 5.41) is 3.18. The highest BCUT2D eigenvalue weighted by molar-refractivity contribution is 5.84. The second kappa shape index (κ2) is 8.09. The molecule has 0 fully saturated rings. The largest absolute Gasteiger partial charge is 0.456 e. The van der Waals surface area contributed by atoms with Crippen LogP contribution in [0.15, 0.2) is 27.4 Å². The number of amides is 1. The molecule has 0 saturated carbocycles. The maximum absolute atomic E-state index is 13.6. The Labute approximate surface area is 180 Å². The predicted octanol–water partition coefficient (Wildman–Crippen LogP) is 6.20. The van der Waals surface area contributed by atoms with E-state index < -0.39 is 23.7 Å².